The third-order valence-electron chi connectivity index (χ3n) is 2.65. The van der Waals surface area contributed by atoms with Crippen LogP contribution in [0.25, 0.3) is 0 Å². The monoisotopic (exact) mass is 309 g/mol. The van der Waals surface area contributed by atoms with Crippen LogP contribution < -0.4 is 5.32 Å². The Labute approximate surface area is 125 Å². The van der Waals surface area contributed by atoms with Crippen molar-refractivity contribution in [2.24, 2.45) is 0 Å². The largest absolute Gasteiger partial charge is 0.448 e. The van der Waals surface area contributed by atoms with E-state index < -0.39 is 12.1 Å². The lowest BCUT2D eigenvalue weighted by atomic mass is 10.2. The van der Waals surface area contributed by atoms with Gasteiger partial charge < -0.3 is 10.1 Å². The molecule has 1 unspecified atom stereocenters. The van der Waals surface area contributed by atoms with E-state index in [1.807, 2.05) is 24.4 Å². The minimum atomic E-state index is -0.746. The average Bonchev–Trinajstić information content (AvgIpc) is 3.13. The Morgan fingerprint density at radius 3 is 2.60 bits per heavy atom. The molecule has 4 nitrogen and oxygen atoms in total. The Morgan fingerprint density at radius 2 is 2.00 bits per heavy atom. The summed E-state index contributed by atoms with van der Waals surface area (Å²) in [5, 5.41) is 6.54. The first kappa shape index (κ1) is 14.7. The highest BCUT2D eigenvalue weighted by atomic mass is 32.1. The van der Waals surface area contributed by atoms with E-state index in [2.05, 4.69) is 5.32 Å². The van der Waals surface area contributed by atoms with Gasteiger partial charge >= 0.3 is 5.97 Å². The third-order valence-corrected chi connectivity index (χ3v) is 4.38. The summed E-state index contributed by atoms with van der Waals surface area (Å²) in [5.41, 5.74) is 0. The molecule has 2 aromatic heterocycles. The highest BCUT2D eigenvalue weighted by molar-refractivity contribution is 7.12. The Balaban J connectivity index is 1.87. The van der Waals surface area contributed by atoms with Gasteiger partial charge in [-0.25, -0.2) is 4.79 Å². The number of hydrogen-bond donors (Lipinski definition) is 1. The maximum Gasteiger partial charge on any atom is 0.349 e. The molecule has 2 aromatic rings. The molecule has 0 aliphatic carbocycles. The second kappa shape index (κ2) is 7.21. The van der Waals surface area contributed by atoms with Crippen molar-refractivity contribution in [2.75, 3.05) is 0 Å². The van der Waals surface area contributed by atoms with E-state index in [0.717, 1.165) is 4.88 Å². The Morgan fingerprint density at radius 1 is 1.25 bits per heavy atom. The summed E-state index contributed by atoms with van der Waals surface area (Å²) >= 11 is 2.88. The van der Waals surface area contributed by atoms with Crippen molar-refractivity contribution in [2.45, 2.75) is 26.0 Å². The van der Waals surface area contributed by atoms with Crippen LogP contribution in [0.3, 0.4) is 0 Å². The minimum Gasteiger partial charge on any atom is -0.448 e. The average molecular weight is 309 g/mol. The van der Waals surface area contributed by atoms with Crippen LogP contribution in [0.5, 0.6) is 0 Å². The predicted molar refractivity (Wildman–Crippen MR) is 80.0 cm³/mol. The second-order valence-electron chi connectivity index (χ2n) is 4.08. The van der Waals surface area contributed by atoms with Gasteiger partial charge in [-0.15, -0.1) is 22.7 Å². The number of carbonyl (C=O) groups excluding carboxylic acids is 2. The number of hydrogen-bond acceptors (Lipinski definition) is 5. The van der Waals surface area contributed by atoms with E-state index in [1.165, 1.54) is 11.3 Å². The number of amides is 1. The van der Waals surface area contributed by atoms with Gasteiger partial charge in [0.05, 0.1) is 6.54 Å². The van der Waals surface area contributed by atoms with Gasteiger partial charge in [0.2, 0.25) is 0 Å². The van der Waals surface area contributed by atoms with Gasteiger partial charge in [0.1, 0.15) is 4.88 Å². The molecule has 2 rings (SSSR count). The van der Waals surface area contributed by atoms with Crippen LogP contribution in [0.4, 0.5) is 0 Å². The highest BCUT2D eigenvalue weighted by Gasteiger charge is 2.22. The molecule has 2 heterocycles. The summed E-state index contributed by atoms with van der Waals surface area (Å²) in [7, 11) is 0. The molecule has 0 aliphatic rings. The maximum atomic E-state index is 12.0. The van der Waals surface area contributed by atoms with Crippen molar-refractivity contribution < 1.29 is 14.3 Å². The number of nitrogens with one attached hydrogen (secondary N) is 1. The van der Waals surface area contributed by atoms with Crippen LogP contribution in [0.2, 0.25) is 0 Å². The zero-order chi connectivity index (χ0) is 14.4. The van der Waals surface area contributed by atoms with E-state index in [4.69, 9.17) is 4.74 Å². The van der Waals surface area contributed by atoms with E-state index in [9.17, 15) is 9.59 Å². The molecule has 6 heteroatoms. The van der Waals surface area contributed by atoms with Crippen molar-refractivity contribution in [1.82, 2.24) is 5.32 Å². The fourth-order valence-electron chi connectivity index (χ4n) is 1.61. The molecule has 20 heavy (non-hydrogen) atoms. The number of rotatable bonds is 6. The Hall–Kier alpha value is -1.66. The first-order valence-electron chi connectivity index (χ1n) is 6.25. The van der Waals surface area contributed by atoms with Crippen LogP contribution in [0.15, 0.2) is 35.0 Å². The van der Waals surface area contributed by atoms with Gasteiger partial charge in [-0.1, -0.05) is 19.1 Å². The van der Waals surface area contributed by atoms with E-state index in [0.29, 0.717) is 17.8 Å². The molecule has 1 amide bonds. The van der Waals surface area contributed by atoms with Crippen LogP contribution in [0, 0.1) is 0 Å². The van der Waals surface area contributed by atoms with Crippen LogP contribution in [-0.4, -0.2) is 18.0 Å². The molecule has 0 saturated carbocycles. The smallest absolute Gasteiger partial charge is 0.349 e. The number of esters is 1. The molecule has 0 bridgehead atoms. The summed E-state index contributed by atoms with van der Waals surface area (Å²) in [6.07, 6.45) is -0.294. The first-order valence-corrected chi connectivity index (χ1v) is 8.01. The van der Waals surface area contributed by atoms with Crippen molar-refractivity contribution in [3.63, 3.8) is 0 Å². The van der Waals surface area contributed by atoms with Gasteiger partial charge in [-0.2, -0.15) is 0 Å². The van der Waals surface area contributed by atoms with Crippen LogP contribution in [-0.2, 0) is 16.1 Å². The Kier molecular flexibility index (Phi) is 5.31. The standard InChI is InChI=1S/C14H15NO3S2/c1-2-11(18-14(17)12-6-4-8-20-12)13(16)15-9-10-5-3-7-19-10/h3-8,11H,2,9H2,1H3,(H,15,16). The SMILES string of the molecule is CCC(OC(=O)c1cccs1)C(=O)NCc1cccs1. The zero-order valence-corrected chi connectivity index (χ0v) is 12.6. The fraction of sp³-hybridized carbons (Fsp3) is 0.286. The molecule has 0 spiro atoms. The molecular formula is C14H15NO3S2. The number of ether oxygens (including phenoxy) is 1. The number of carbonyl (C=O) groups is 2. The maximum absolute atomic E-state index is 12.0. The quantitative estimate of drug-likeness (QED) is 0.834. The molecule has 1 N–H and O–H groups in total. The minimum absolute atomic E-state index is 0.259. The van der Waals surface area contributed by atoms with Crippen molar-refractivity contribution >= 4 is 34.6 Å². The second-order valence-corrected chi connectivity index (χ2v) is 6.06. The van der Waals surface area contributed by atoms with Crippen molar-refractivity contribution in [1.29, 1.82) is 0 Å². The summed E-state index contributed by atoms with van der Waals surface area (Å²) in [6, 6.07) is 7.34. The topological polar surface area (TPSA) is 55.4 Å². The highest BCUT2D eigenvalue weighted by Crippen LogP contribution is 2.13. The van der Waals surface area contributed by atoms with Crippen molar-refractivity contribution in [3.05, 3.63) is 44.8 Å². The fourth-order valence-corrected chi connectivity index (χ4v) is 2.86. The number of thiophene rings is 2. The normalized spacial score (nSPS) is 11.8. The van der Waals surface area contributed by atoms with Crippen LogP contribution >= 0.6 is 22.7 Å². The summed E-state index contributed by atoms with van der Waals surface area (Å²) in [6.45, 7) is 2.28. The van der Waals surface area contributed by atoms with Gasteiger partial charge in [-0.05, 0) is 29.3 Å². The molecule has 0 aliphatic heterocycles. The molecule has 0 radical (unpaired) electrons. The van der Waals surface area contributed by atoms with Gasteiger partial charge in [0.15, 0.2) is 6.10 Å². The molecule has 1 atom stereocenters. The lowest BCUT2D eigenvalue weighted by Gasteiger charge is -2.15. The van der Waals surface area contributed by atoms with Crippen molar-refractivity contribution in [3.8, 4) is 0 Å². The predicted octanol–water partition coefficient (Wildman–Crippen LogP) is 3.06. The van der Waals surface area contributed by atoms with Gasteiger partial charge in [0, 0.05) is 4.88 Å². The Bertz CT molecular complexity index is 549. The first-order chi connectivity index (χ1) is 9.70. The van der Waals surface area contributed by atoms with E-state index >= 15 is 0 Å². The summed E-state index contributed by atoms with van der Waals surface area (Å²) in [4.78, 5) is 25.4. The summed E-state index contributed by atoms with van der Waals surface area (Å²) < 4.78 is 5.24. The lowest BCUT2D eigenvalue weighted by Crippen LogP contribution is -2.36. The molecule has 0 saturated heterocycles. The van der Waals surface area contributed by atoms with Crippen LogP contribution in [0.1, 0.15) is 27.9 Å². The molecule has 0 fully saturated rings. The molecule has 106 valence electrons. The molecular weight excluding hydrogens is 294 g/mol. The molecule has 0 aromatic carbocycles. The summed E-state index contributed by atoms with van der Waals surface area (Å²) in [5.74, 6) is -0.705. The van der Waals surface area contributed by atoms with Gasteiger partial charge in [0.25, 0.3) is 5.91 Å². The van der Waals surface area contributed by atoms with E-state index in [1.54, 1.807) is 28.8 Å². The van der Waals surface area contributed by atoms with Gasteiger partial charge in [-0.3, -0.25) is 4.79 Å². The zero-order valence-electron chi connectivity index (χ0n) is 11.0. The third kappa shape index (κ3) is 3.91. The van der Waals surface area contributed by atoms with E-state index in [-0.39, 0.29) is 5.91 Å². The lowest BCUT2D eigenvalue weighted by molar-refractivity contribution is -0.130.